The van der Waals surface area contributed by atoms with E-state index in [2.05, 4.69) is 15.2 Å². The lowest BCUT2D eigenvalue weighted by Crippen LogP contribution is -1.88. The zero-order valence-electron chi connectivity index (χ0n) is 15.4. The van der Waals surface area contributed by atoms with Crippen LogP contribution in [0.1, 0.15) is 5.69 Å². The van der Waals surface area contributed by atoms with Crippen LogP contribution in [0.15, 0.2) is 54.7 Å². The van der Waals surface area contributed by atoms with Gasteiger partial charge in [-0.15, -0.1) is 0 Å². The van der Waals surface area contributed by atoms with Crippen LogP contribution in [0.2, 0.25) is 0 Å². The number of H-pyrrole nitrogens is 2. The van der Waals surface area contributed by atoms with E-state index < -0.39 is 0 Å². The molecule has 0 bridgehead atoms. The monoisotopic (exact) mass is 360 g/mol. The van der Waals surface area contributed by atoms with E-state index in [0.717, 1.165) is 51.1 Å². The Morgan fingerprint density at radius 1 is 0.889 bits per heavy atom. The number of hydrogen-bond acceptors (Lipinski definition) is 4. The molecule has 0 unspecified atom stereocenters. The van der Waals surface area contributed by atoms with Gasteiger partial charge < -0.3 is 14.5 Å². The normalized spacial score (nSPS) is 10.8. The first kappa shape index (κ1) is 16.9. The number of aromatic amines is 2. The van der Waals surface area contributed by atoms with Crippen molar-refractivity contribution in [2.45, 2.75) is 6.92 Å². The summed E-state index contributed by atoms with van der Waals surface area (Å²) in [4.78, 5) is 8.34. The van der Waals surface area contributed by atoms with Gasteiger partial charge in [-0.3, -0.25) is 5.10 Å². The molecule has 0 aliphatic heterocycles. The molecule has 2 aromatic carbocycles. The Bertz CT molecular complexity index is 1020. The molecule has 0 aliphatic carbocycles. The summed E-state index contributed by atoms with van der Waals surface area (Å²) in [6.07, 6.45) is 1.78. The molecule has 2 heterocycles. The van der Waals surface area contributed by atoms with Crippen LogP contribution in [0.5, 0.6) is 11.5 Å². The molecule has 4 rings (SSSR count). The van der Waals surface area contributed by atoms with Crippen molar-refractivity contribution >= 4 is 0 Å². The summed E-state index contributed by atoms with van der Waals surface area (Å²) in [5, 5.41) is 7.07. The van der Waals surface area contributed by atoms with E-state index in [-0.39, 0.29) is 0 Å². The molecular formula is C21H20N4O2. The Morgan fingerprint density at radius 3 is 2.19 bits per heavy atom. The molecule has 6 nitrogen and oxygen atoms in total. The first-order valence-corrected chi connectivity index (χ1v) is 8.59. The van der Waals surface area contributed by atoms with E-state index in [4.69, 9.17) is 14.5 Å². The second-order valence-corrected chi connectivity index (χ2v) is 6.18. The van der Waals surface area contributed by atoms with Gasteiger partial charge in [0.15, 0.2) is 0 Å². The number of ether oxygens (including phenoxy) is 2. The summed E-state index contributed by atoms with van der Waals surface area (Å²) in [6, 6.07) is 15.8. The largest absolute Gasteiger partial charge is 0.497 e. The fraction of sp³-hybridized carbons (Fsp3) is 0.143. The number of nitrogens with one attached hydrogen (secondary N) is 2. The van der Waals surface area contributed by atoms with Crippen LogP contribution in [0.25, 0.3) is 33.9 Å². The maximum absolute atomic E-state index is 5.39. The molecule has 0 spiro atoms. The van der Waals surface area contributed by atoms with Crippen molar-refractivity contribution in [2.75, 3.05) is 14.2 Å². The summed E-state index contributed by atoms with van der Waals surface area (Å²) >= 11 is 0. The predicted molar refractivity (Wildman–Crippen MR) is 105 cm³/mol. The van der Waals surface area contributed by atoms with Gasteiger partial charge in [0.25, 0.3) is 0 Å². The summed E-state index contributed by atoms with van der Waals surface area (Å²) in [6.45, 7) is 1.97. The molecule has 0 atom stereocenters. The number of aryl methyl sites for hydroxylation is 1. The van der Waals surface area contributed by atoms with Crippen molar-refractivity contribution in [1.82, 2.24) is 20.2 Å². The van der Waals surface area contributed by atoms with Gasteiger partial charge >= 0.3 is 0 Å². The molecule has 136 valence electrons. The van der Waals surface area contributed by atoms with E-state index in [1.807, 2.05) is 55.5 Å². The standard InChI is InChI=1S/C21H20N4O2/c1-13-18(12-22-25-13)21-23-19(14-6-4-8-16(10-14)26-2)20(24-21)15-7-5-9-17(11-15)27-3/h4-12H,1-3H3,(H,22,25)(H,23,24). The topological polar surface area (TPSA) is 75.8 Å². The molecule has 2 aromatic heterocycles. The van der Waals surface area contributed by atoms with E-state index in [9.17, 15) is 0 Å². The number of nitrogens with zero attached hydrogens (tertiary/aromatic N) is 2. The highest BCUT2D eigenvalue weighted by Crippen LogP contribution is 2.35. The minimum Gasteiger partial charge on any atom is -0.497 e. The fourth-order valence-corrected chi connectivity index (χ4v) is 3.06. The Morgan fingerprint density at radius 2 is 1.56 bits per heavy atom. The third kappa shape index (κ3) is 3.17. The Hall–Kier alpha value is -3.54. The molecule has 2 N–H and O–H groups in total. The van der Waals surface area contributed by atoms with Crippen LogP contribution >= 0.6 is 0 Å². The molecule has 0 amide bonds. The zero-order chi connectivity index (χ0) is 18.8. The van der Waals surface area contributed by atoms with E-state index in [0.29, 0.717) is 0 Å². The van der Waals surface area contributed by atoms with E-state index in [1.165, 1.54) is 0 Å². The predicted octanol–water partition coefficient (Wildman–Crippen LogP) is 4.46. The highest BCUT2D eigenvalue weighted by Gasteiger charge is 2.18. The molecule has 4 aromatic rings. The number of benzene rings is 2. The second-order valence-electron chi connectivity index (χ2n) is 6.18. The number of methoxy groups -OCH3 is 2. The quantitative estimate of drug-likeness (QED) is 0.551. The Labute approximate surface area is 157 Å². The van der Waals surface area contributed by atoms with Gasteiger partial charge in [0.05, 0.1) is 37.4 Å². The summed E-state index contributed by atoms with van der Waals surface area (Å²) in [7, 11) is 3.32. The minimum atomic E-state index is 0.761. The summed E-state index contributed by atoms with van der Waals surface area (Å²) in [5.41, 5.74) is 5.62. The summed E-state index contributed by atoms with van der Waals surface area (Å²) < 4.78 is 10.8. The zero-order valence-corrected chi connectivity index (χ0v) is 15.4. The summed E-state index contributed by atoms with van der Waals surface area (Å²) in [5.74, 6) is 2.34. The van der Waals surface area contributed by atoms with Gasteiger partial charge in [0.1, 0.15) is 17.3 Å². The van der Waals surface area contributed by atoms with E-state index in [1.54, 1.807) is 20.4 Å². The van der Waals surface area contributed by atoms with Crippen molar-refractivity contribution in [3.8, 4) is 45.4 Å². The number of hydrogen-bond donors (Lipinski definition) is 2. The molecule has 0 radical (unpaired) electrons. The highest BCUT2D eigenvalue weighted by atomic mass is 16.5. The lowest BCUT2D eigenvalue weighted by molar-refractivity contribution is 0.415. The van der Waals surface area contributed by atoms with Crippen LogP contribution in [-0.2, 0) is 0 Å². The number of aromatic nitrogens is 4. The molecule has 0 saturated carbocycles. The SMILES string of the molecule is COc1cccc(-c2nc(-c3cn[nH]c3C)[nH]c2-c2cccc(OC)c2)c1. The van der Waals surface area contributed by atoms with Crippen LogP contribution in [-0.4, -0.2) is 34.4 Å². The number of imidazole rings is 1. The average Bonchev–Trinajstić information content (AvgIpc) is 3.34. The first-order chi connectivity index (χ1) is 13.2. The fourth-order valence-electron chi connectivity index (χ4n) is 3.06. The molecule has 6 heteroatoms. The van der Waals surface area contributed by atoms with Gasteiger partial charge in [-0.2, -0.15) is 5.10 Å². The lowest BCUT2D eigenvalue weighted by atomic mass is 10.0. The highest BCUT2D eigenvalue weighted by molar-refractivity contribution is 5.82. The van der Waals surface area contributed by atoms with Crippen molar-refractivity contribution in [1.29, 1.82) is 0 Å². The minimum absolute atomic E-state index is 0.761. The first-order valence-electron chi connectivity index (χ1n) is 8.59. The Kier molecular flexibility index (Phi) is 4.38. The van der Waals surface area contributed by atoms with Gasteiger partial charge in [-0.1, -0.05) is 24.3 Å². The van der Waals surface area contributed by atoms with Crippen molar-refractivity contribution in [3.63, 3.8) is 0 Å². The molecular weight excluding hydrogens is 340 g/mol. The Balaban J connectivity index is 1.92. The number of rotatable bonds is 5. The molecule has 27 heavy (non-hydrogen) atoms. The smallest absolute Gasteiger partial charge is 0.141 e. The van der Waals surface area contributed by atoms with Crippen LogP contribution < -0.4 is 9.47 Å². The molecule has 0 saturated heterocycles. The third-order valence-electron chi connectivity index (χ3n) is 4.49. The third-order valence-corrected chi connectivity index (χ3v) is 4.49. The van der Waals surface area contributed by atoms with Crippen molar-refractivity contribution in [3.05, 3.63) is 60.4 Å². The van der Waals surface area contributed by atoms with Gasteiger partial charge in [0, 0.05) is 16.8 Å². The van der Waals surface area contributed by atoms with Crippen molar-refractivity contribution in [2.24, 2.45) is 0 Å². The van der Waals surface area contributed by atoms with Gasteiger partial charge in [-0.05, 0) is 31.2 Å². The molecule has 0 aliphatic rings. The van der Waals surface area contributed by atoms with Gasteiger partial charge in [0.2, 0.25) is 0 Å². The van der Waals surface area contributed by atoms with Gasteiger partial charge in [-0.25, -0.2) is 4.98 Å². The molecule has 0 fully saturated rings. The average molecular weight is 360 g/mol. The van der Waals surface area contributed by atoms with Crippen LogP contribution in [0.4, 0.5) is 0 Å². The van der Waals surface area contributed by atoms with Crippen LogP contribution in [0, 0.1) is 6.92 Å². The second kappa shape index (κ2) is 6.99. The lowest BCUT2D eigenvalue weighted by Gasteiger charge is -2.07. The van der Waals surface area contributed by atoms with E-state index >= 15 is 0 Å². The van der Waals surface area contributed by atoms with Crippen molar-refractivity contribution < 1.29 is 9.47 Å². The maximum Gasteiger partial charge on any atom is 0.141 e. The maximum atomic E-state index is 5.39. The van der Waals surface area contributed by atoms with Crippen LogP contribution in [0.3, 0.4) is 0 Å².